The van der Waals surface area contributed by atoms with Gasteiger partial charge in [0.2, 0.25) is 0 Å². The summed E-state index contributed by atoms with van der Waals surface area (Å²) >= 11 is 0. The molecule has 19 heavy (non-hydrogen) atoms. The first kappa shape index (κ1) is 14.5. The third-order valence-electron chi connectivity index (χ3n) is 4.68. The van der Waals surface area contributed by atoms with E-state index in [2.05, 4.69) is 48.4 Å². The fraction of sp³-hybridized carbons (Fsp3) is 0.688. The van der Waals surface area contributed by atoms with Gasteiger partial charge in [0.1, 0.15) is 0 Å². The molecule has 0 aromatic carbocycles. The highest BCUT2D eigenvalue weighted by Crippen LogP contribution is 2.32. The van der Waals surface area contributed by atoms with Gasteiger partial charge in [-0.2, -0.15) is 0 Å². The quantitative estimate of drug-likeness (QED) is 0.883. The minimum atomic E-state index is 0.347. The van der Waals surface area contributed by atoms with Crippen LogP contribution in [0.4, 0.5) is 0 Å². The minimum absolute atomic E-state index is 0.347. The fourth-order valence-corrected chi connectivity index (χ4v) is 3.11. The molecule has 1 aromatic rings. The molecule has 1 N–H and O–H groups in total. The van der Waals surface area contributed by atoms with E-state index in [1.165, 1.54) is 37.7 Å². The number of pyridine rings is 1. The van der Waals surface area contributed by atoms with Gasteiger partial charge in [0.15, 0.2) is 0 Å². The molecule has 0 saturated heterocycles. The minimum Gasteiger partial charge on any atom is -0.308 e. The highest BCUT2D eigenvalue weighted by Gasteiger charge is 2.34. The monoisotopic (exact) mass is 261 g/mol. The Kier molecular flexibility index (Phi) is 4.94. The molecule has 1 heterocycles. The standard InChI is InChI=1S/C16H27N3/c1-14(15-7-11-17-12-8-15)18-13-16(19(2)3)9-5-4-6-10-16/h7-8,11-12,14,18H,4-6,9-10,13H2,1-3H3. The maximum atomic E-state index is 4.08. The van der Waals surface area contributed by atoms with Crippen LogP contribution in [0.3, 0.4) is 0 Å². The Morgan fingerprint density at radius 2 is 1.84 bits per heavy atom. The third kappa shape index (κ3) is 3.54. The van der Waals surface area contributed by atoms with Crippen molar-refractivity contribution in [3.05, 3.63) is 30.1 Å². The lowest BCUT2D eigenvalue weighted by atomic mass is 9.80. The first-order chi connectivity index (χ1) is 9.14. The van der Waals surface area contributed by atoms with E-state index < -0.39 is 0 Å². The molecule has 1 atom stereocenters. The molecule has 1 unspecified atom stereocenters. The van der Waals surface area contributed by atoms with Crippen molar-refractivity contribution in [2.24, 2.45) is 0 Å². The second-order valence-corrected chi connectivity index (χ2v) is 6.06. The zero-order valence-electron chi connectivity index (χ0n) is 12.5. The molecule has 3 nitrogen and oxygen atoms in total. The molecule has 1 aliphatic carbocycles. The largest absolute Gasteiger partial charge is 0.308 e. The van der Waals surface area contributed by atoms with E-state index >= 15 is 0 Å². The van der Waals surface area contributed by atoms with Gasteiger partial charge in [0.25, 0.3) is 0 Å². The molecular weight excluding hydrogens is 234 g/mol. The predicted molar refractivity (Wildman–Crippen MR) is 80.2 cm³/mol. The summed E-state index contributed by atoms with van der Waals surface area (Å²) in [6.45, 7) is 3.31. The molecule has 0 bridgehead atoms. The van der Waals surface area contributed by atoms with Gasteiger partial charge in [-0.05, 0) is 51.6 Å². The first-order valence-electron chi connectivity index (χ1n) is 7.45. The molecule has 0 aliphatic heterocycles. The Morgan fingerprint density at radius 3 is 2.42 bits per heavy atom. The van der Waals surface area contributed by atoms with Gasteiger partial charge in [0.05, 0.1) is 0 Å². The van der Waals surface area contributed by atoms with Crippen molar-refractivity contribution in [2.45, 2.75) is 50.6 Å². The Morgan fingerprint density at radius 1 is 1.21 bits per heavy atom. The predicted octanol–water partition coefficient (Wildman–Crippen LogP) is 3.00. The van der Waals surface area contributed by atoms with Crippen LogP contribution in [0.5, 0.6) is 0 Å². The van der Waals surface area contributed by atoms with Gasteiger partial charge >= 0.3 is 0 Å². The van der Waals surface area contributed by atoms with Crippen molar-refractivity contribution in [1.29, 1.82) is 0 Å². The van der Waals surface area contributed by atoms with Gasteiger partial charge in [-0.1, -0.05) is 19.3 Å². The van der Waals surface area contributed by atoms with Crippen molar-refractivity contribution in [3.8, 4) is 0 Å². The van der Waals surface area contributed by atoms with Crippen LogP contribution in [0, 0.1) is 0 Å². The Hall–Kier alpha value is -0.930. The summed E-state index contributed by atoms with van der Waals surface area (Å²) in [5.41, 5.74) is 1.67. The number of aromatic nitrogens is 1. The lowest BCUT2D eigenvalue weighted by Gasteiger charge is -2.44. The summed E-state index contributed by atoms with van der Waals surface area (Å²) in [6, 6.07) is 4.59. The van der Waals surface area contributed by atoms with Crippen LogP contribution in [0.15, 0.2) is 24.5 Å². The topological polar surface area (TPSA) is 28.2 Å². The van der Waals surface area contributed by atoms with E-state index in [9.17, 15) is 0 Å². The molecule has 1 aliphatic rings. The van der Waals surface area contributed by atoms with Crippen LogP contribution in [0.25, 0.3) is 0 Å². The van der Waals surface area contributed by atoms with E-state index in [4.69, 9.17) is 0 Å². The summed E-state index contributed by atoms with van der Waals surface area (Å²) in [5.74, 6) is 0. The Bertz CT molecular complexity index is 369. The molecule has 1 aromatic heterocycles. The summed E-state index contributed by atoms with van der Waals surface area (Å²) in [4.78, 5) is 6.51. The van der Waals surface area contributed by atoms with E-state index in [1.807, 2.05) is 12.4 Å². The number of hydrogen-bond acceptors (Lipinski definition) is 3. The Balaban J connectivity index is 1.95. The number of likely N-dealkylation sites (N-methyl/N-ethyl adjacent to an activating group) is 1. The second kappa shape index (κ2) is 6.49. The maximum Gasteiger partial charge on any atom is 0.0328 e. The van der Waals surface area contributed by atoms with E-state index in [0.29, 0.717) is 11.6 Å². The van der Waals surface area contributed by atoms with Crippen molar-refractivity contribution < 1.29 is 0 Å². The molecule has 106 valence electrons. The van der Waals surface area contributed by atoms with Gasteiger partial charge in [-0.15, -0.1) is 0 Å². The van der Waals surface area contributed by atoms with E-state index in [-0.39, 0.29) is 0 Å². The lowest BCUT2D eigenvalue weighted by Crippen LogP contribution is -2.53. The van der Waals surface area contributed by atoms with Crippen molar-refractivity contribution >= 4 is 0 Å². The van der Waals surface area contributed by atoms with Crippen LogP contribution in [-0.2, 0) is 0 Å². The number of nitrogens with zero attached hydrogens (tertiary/aromatic N) is 2. The smallest absolute Gasteiger partial charge is 0.0328 e. The molecule has 0 radical (unpaired) electrons. The summed E-state index contributed by atoms with van der Waals surface area (Å²) < 4.78 is 0. The number of nitrogens with one attached hydrogen (secondary N) is 1. The summed E-state index contributed by atoms with van der Waals surface area (Å²) in [5, 5.41) is 3.72. The molecule has 0 amide bonds. The normalized spacial score (nSPS) is 20.4. The fourth-order valence-electron chi connectivity index (χ4n) is 3.11. The van der Waals surface area contributed by atoms with Gasteiger partial charge in [0, 0.05) is 30.5 Å². The summed E-state index contributed by atoms with van der Waals surface area (Å²) in [6.07, 6.45) is 10.5. The maximum absolute atomic E-state index is 4.08. The van der Waals surface area contributed by atoms with Crippen molar-refractivity contribution in [2.75, 3.05) is 20.6 Å². The lowest BCUT2D eigenvalue weighted by molar-refractivity contribution is 0.0958. The molecule has 1 fully saturated rings. The van der Waals surface area contributed by atoms with Crippen molar-refractivity contribution in [3.63, 3.8) is 0 Å². The highest BCUT2D eigenvalue weighted by atomic mass is 15.2. The zero-order chi connectivity index (χ0) is 13.7. The van der Waals surface area contributed by atoms with Gasteiger partial charge < -0.3 is 10.2 Å². The second-order valence-electron chi connectivity index (χ2n) is 6.06. The van der Waals surface area contributed by atoms with Gasteiger partial charge in [-0.3, -0.25) is 4.98 Å². The SMILES string of the molecule is CC(NCC1(N(C)C)CCCCC1)c1ccncc1. The Labute approximate surface area is 117 Å². The summed E-state index contributed by atoms with van der Waals surface area (Å²) in [7, 11) is 4.45. The van der Waals surface area contributed by atoms with Crippen molar-refractivity contribution in [1.82, 2.24) is 15.2 Å². The first-order valence-corrected chi connectivity index (χ1v) is 7.45. The van der Waals surface area contributed by atoms with Crippen LogP contribution < -0.4 is 5.32 Å². The molecule has 0 spiro atoms. The number of rotatable bonds is 5. The molecule has 3 heteroatoms. The van der Waals surface area contributed by atoms with Crippen LogP contribution >= 0.6 is 0 Å². The van der Waals surface area contributed by atoms with Crippen LogP contribution in [-0.4, -0.2) is 36.1 Å². The molecule has 1 saturated carbocycles. The molecular formula is C16H27N3. The highest BCUT2D eigenvalue weighted by molar-refractivity contribution is 5.14. The van der Waals surface area contributed by atoms with Gasteiger partial charge in [-0.25, -0.2) is 0 Å². The van der Waals surface area contributed by atoms with E-state index in [0.717, 1.165) is 6.54 Å². The van der Waals surface area contributed by atoms with Crippen LogP contribution in [0.1, 0.15) is 50.6 Å². The average Bonchev–Trinajstić information content (AvgIpc) is 2.46. The molecule has 2 rings (SSSR count). The average molecular weight is 261 g/mol. The third-order valence-corrected chi connectivity index (χ3v) is 4.68. The van der Waals surface area contributed by atoms with Crippen LogP contribution in [0.2, 0.25) is 0 Å². The number of hydrogen-bond donors (Lipinski definition) is 1. The van der Waals surface area contributed by atoms with E-state index in [1.54, 1.807) is 0 Å². The zero-order valence-corrected chi connectivity index (χ0v) is 12.5.